The lowest BCUT2D eigenvalue weighted by molar-refractivity contribution is 0.0946. The molecule has 1 aromatic carbocycles. The molecule has 1 aromatic heterocycles. The van der Waals surface area contributed by atoms with Crippen LogP contribution in [0.5, 0.6) is 0 Å². The third kappa shape index (κ3) is 5.04. The molecule has 1 fully saturated rings. The number of pyridine rings is 1. The van der Waals surface area contributed by atoms with Crippen molar-refractivity contribution in [3.05, 3.63) is 53.7 Å². The van der Waals surface area contributed by atoms with Gasteiger partial charge < -0.3 is 10.2 Å². The molecule has 148 valence electrons. The van der Waals surface area contributed by atoms with Crippen molar-refractivity contribution >= 4 is 11.7 Å². The first kappa shape index (κ1) is 20.2. The molecule has 1 saturated heterocycles. The van der Waals surface area contributed by atoms with Crippen molar-refractivity contribution in [1.82, 2.24) is 15.2 Å². The van der Waals surface area contributed by atoms with Crippen molar-refractivity contribution in [1.29, 1.82) is 0 Å². The number of carbonyl (C=O) groups excluding carboxylic acids is 2. The monoisotopic (exact) mass is 379 g/mol. The number of nitrogens with zero attached hydrogens (tertiary/aromatic N) is 2. The molecule has 1 N–H and O–H groups in total. The summed E-state index contributed by atoms with van der Waals surface area (Å²) in [6.07, 6.45) is 2.72. The summed E-state index contributed by atoms with van der Waals surface area (Å²) < 4.78 is 0. The predicted molar refractivity (Wildman–Crippen MR) is 111 cm³/mol. The molecule has 5 heteroatoms. The van der Waals surface area contributed by atoms with Gasteiger partial charge in [0, 0.05) is 37.0 Å². The van der Waals surface area contributed by atoms with Crippen LogP contribution in [0.3, 0.4) is 0 Å². The average Bonchev–Trinajstić information content (AvgIpc) is 3.12. The Bertz CT molecular complexity index is 830. The molecular weight excluding hydrogens is 350 g/mol. The zero-order valence-corrected chi connectivity index (χ0v) is 16.9. The number of hydrogen-bond acceptors (Lipinski definition) is 4. The maximum absolute atomic E-state index is 12.5. The highest BCUT2D eigenvalue weighted by Crippen LogP contribution is 2.22. The van der Waals surface area contributed by atoms with E-state index in [1.54, 1.807) is 31.3 Å². The molecule has 0 radical (unpaired) electrons. The molecule has 3 rings (SSSR count). The van der Waals surface area contributed by atoms with Crippen LogP contribution in [0, 0.1) is 11.8 Å². The Balaban J connectivity index is 1.58. The molecule has 0 aliphatic carbocycles. The lowest BCUT2D eigenvalue weighted by Gasteiger charge is -2.18. The number of nitrogens with one attached hydrogen (secondary N) is 1. The van der Waals surface area contributed by atoms with Crippen molar-refractivity contribution in [3.8, 4) is 11.3 Å². The van der Waals surface area contributed by atoms with Crippen molar-refractivity contribution in [2.45, 2.75) is 27.2 Å². The molecule has 1 aliphatic heterocycles. The first-order chi connectivity index (χ1) is 13.4. The zero-order valence-electron chi connectivity index (χ0n) is 16.9. The van der Waals surface area contributed by atoms with Crippen LogP contribution in [0.2, 0.25) is 0 Å². The van der Waals surface area contributed by atoms with E-state index < -0.39 is 0 Å². The molecule has 2 heterocycles. The van der Waals surface area contributed by atoms with E-state index in [4.69, 9.17) is 0 Å². The summed E-state index contributed by atoms with van der Waals surface area (Å²) in [7, 11) is 0. The van der Waals surface area contributed by atoms with Crippen molar-refractivity contribution in [2.75, 3.05) is 26.2 Å². The van der Waals surface area contributed by atoms with Gasteiger partial charge in [0.05, 0.1) is 11.3 Å². The standard InChI is InChI=1S/C23H29N3O2/c1-16(2)14-26-11-10-18(15-26)12-25-23(28)19-8-9-22(24-13-19)21-7-5-4-6-20(21)17(3)27/h4-9,13,16,18H,10-12,14-15H2,1-3H3,(H,25,28)/t18-/m0/s1. The Morgan fingerprint density at radius 3 is 2.68 bits per heavy atom. The van der Waals surface area contributed by atoms with Crippen LogP contribution in [-0.4, -0.2) is 47.8 Å². The highest BCUT2D eigenvalue weighted by Gasteiger charge is 2.23. The Labute approximate surface area is 167 Å². The molecule has 28 heavy (non-hydrogen) atoms. The maximum atomic E-state index is 12.5. The quantitative estimate of drug-likeness (QED) is 0.746. The van der Waals surface area contributed by atoms with Crippen LogP contribution < -0.4 is 5.32 Å². The van der Waals surface area contributed by atoms with Gasteiger partial charge in [-0.25, -0.2) is 0 Å². The van der Waals surface area contributed by atoms with E-state index in [2.05, 4.69) is 29.0 Å². The van der Waals surface area contributed by atoms with Gasteiger partial charge in [-0.1, -0.05) is 38.1 Å². The maximum Gasteiger partial charge on any atom is 0.252 e. The number of aromatic nitrogens is 1. The van der Waals surface area contributed by atoms with Gasteiger partial charge in [-0.05, 0) is 43.9 Å². The highest BCUT2D eigenvalue weighted by molar-refractivity contribution is 6.00. The summed E-state index contributed by atoms with van der Waals surface area (Å²) >= 11 is 0. The van der Waals surface area contributed by atoms with Gasteiger partial charge in [-0.15, -0.1) is 0 Å². The van der Waals surface area contributed by atoms with Crippen LogP contribution in [-0.2, 0) is 0 Å². The van der Waals surface area contributed by atoms with Crippen LogP contribution in [0.15, 0.2) is 42.6 Å². The molecular formula is C23H29N3O2. The Kier molecular flexibility index (Phi) is 6.57. The van der Waals surface area contributed by atoms with Crippen molar-refractivity contribution in [2.24, 2.45) is 11.8 Å². The third-order valence-electron chi connectivity index (χ3n) is 5.15. The minimum atomic E-state index is -0.0961. The average molecular weight is 380 g/mol. The van der Waals surface area contributed by atoms with Crippen LogP contribution >= 0.6 is 0 Å². The number of benzene rings is 1. The number of likely N-dealkylation sites (tertiary alicyclic amines) is 1. The van der Waals surface area contributed by atoms with E-state index in [1.165, 1.54) is 0 Å². The van der Waals surface area contributed by atoms with E-state index in [0.717, 1.165) is 31.6 Å². The Morgan fingerprint density at radius 2 is 2.00 bits per heavy atom. The minimum absolute atomic E-state index is 0.00212. The predicted octanol–water partition coefficient (Wildman–Crippen LogP) is 3.66. The molecule has 0 spiro atoms. The molecule has 1 amide bonds. The van der Waals surface area contributed by atoms with Crippen LogP contribution in [0.4, 0.5) is 0 Å². The second-order valence-corrected chi connectivity index (χ2v) is 8.05. The summed E-state index contributed by atoms with van der Waals surface area (Å²) in [5, 5.41) is 3.04. The summed E-state index contributed by atoms with van der Waals surface area (Å²) in [6.45, 7) is 10.0. The van der Waals surface area contributed by atoms with E-state index >= 15 is 0 Å². The van der Waals surface area contributed by atoms with E-state index in [9.17, 15) is 9.59 Å². The highest BCUT2D eigenvalue weighted by atomic mass is 16.1. The third-order valence-corrected chi connectivity index (χ3v) is 5.15. The van der Waals surface area contributed by atoms with E-state index in [1.807, 2.05) is 18.2 Å². The molecule has 0 bridgehead atoms. The Morgan fingerprint density at radius 1 is 1.21 bits per heavy atom. The lowest BCUT2D eigenvalue weighted by Crippen LogP contribution is -2.31. The van der Waals surface area contributed by atoms with Gasteiger partial charge in [0.2, 0.25) is 0 Å². The fraction of sp³-hybridized carbons (Fsp3) is 0.435. The lowest BCUT2D eigenvalue weighted by atomic mass is 10.0. The summed E-state index contributed by atoms with van der Waals surface area (Å²) in [4.78, 5) is 31.2. The number of carbonyl (C=O) groups is 2. The topological polar surface area (TPSA) is 62.3 Å². The molecule has 1 atom stereocenters. The molecule has 1 aliphatic rings. The summed E-state index contributed by atoms with van der Waals surface area (Å²) in [5.41, 5.74) is 2.67. The summed E-state index contributed by atoms with van der Waals surface area (Å²) in [5.74, 6) is 1.09. The first-order valence-corrected chi connectivity index (χ1v) is 10.0. The zero-order chi connectivity index (χ0) is 20.1. The minimum Gasteiger partial charge on any atom is -0.352 e. The number of amides is 1. The first-order valence-electron chi connectivity index (χ1n) is 10.0. The molecule has 2 aromatic rings. The number of ketones is 1. The van der Waals surface area contributed by atoms with Gasteiger partial charge in [0.15, 0.2) is 5.78 Å². The smallest absolute Gasteiger partial charge is 0.252 e. The molecule has 0 saturated carbocycles. The van der Waals surface area contributed by atoms with Crippen molar-refractivity contribution < 1.29 is 9.59 Å². The number of hydrogen-bond donors (Lipinski definition) is 1. The number of Topliss-reactive ketones (excluding diaryl/α,β-unsaturated/α-hetero) is 1. The number of rotatable bonds is 7. The van der Waals surface area contributed by atoms with Gasteiger partial charge >= 0.3 is 0 Å². The fourth-order valence-corrected chi connectivity index (χ4v) is 3.80. The Hall–Kier alpha value is -2.53. The largest absolute Gasteiger partial charge is 0.352 e. The van der Waals surface area contributed by atoms with E-state index in [0.29, 0.717) is 35.2 Å². The fourth-order valence-electron chi connectivity index (χ4n) is 3.80. The second kappa shape index (κ2) is 9.11. The van der Waals surface area contributed by atoms with E-state index in [-0.39, 0.29) is 11.7 Å². The van der Waals surface area contributed by atoms with Gasteiger partial charge in [0.25, 0.3) is 5.91 Å². The normalized spacial score (nSPS) is 17.1. The molecule has 0 unspecified atom stereocenters. The molecule has 5 nitrogen and oxygen atoms in total. The van der Waals surface area contributed by atoms with Crippen molar-refractivity contribution in [3.63, 3.8) is 0 Å². The summed E-state index contributed by atoms with van der Waals surface area (Å²) in [6, 6.07) is 11.0. The van der Waals surface area contributed by atoms with Crippen LogP contribution in [0.25, 0.3) is 11.3 Å². The van der Waals surface area contributed by atoms with Gasteiger partial charge in [-0.2, -0.15) is 0 Å². The van der Waals surface area contributed by atoms with Gasteiger partial charge in [-0.3, -0.25) is 14.6 Å². The second-order valence-electron chi connectivity index (χ2n) is 8.05. The van der Waals surface area contributed by atoms with Crippen LogP contribution in [0.1, 0.15) is 47.9 Å². The SMILES string of the molecule is CC(=O)c1ccccc1-c1ccc(C(=O)NC[C@@H]2CCN(CC(C)C)C2)cn1. The van der Waals surface area contributed by atoms with Gasteiger partial charge in [0.1, 0.15) is 0 Å².